The van der Waals surface area contributed by atoms with Crippen LogP contribution in [0.25, 0.3) is 0 Å². The Balaban J connectivity index is 1.80. The lowest BCUT2D eigenvalue weighted by molar-refractivity contribution is 0.491. The third-order valence-corrected chi connectivity index (χ3v) is 4.38. The molecule has 0 bridgehead atoms. The minimum Gasteiger partial charge on any atom is -0.308 e. The van der Waals surface area contributed by atoms with Crippen molar-refractivity contribution in [2.75, 3.05) is 6.54 Å². The van der Waals surface area contributed by atoms with Crippen molar-refractivity contribution in [1.82, 2.24) is 10.3 Å². The smallest absolute Gasteiger partial charge is 0.109 e. The lowest BCUT2D eigenvalue weighted by Crippen LogP contribution is -2.22. The topological polar surface area (TPSA) is 24.9 Å². The molecule has 2 nitrogen and oxygen atoms in total. The highest BCUT2D eigenvalue weighted by molar-refractivity contribution is 7.09. The maximum atomic E-state index is 4.40. The number of hydrogen-bond donors (Lipinski definition) is 1. The molecule has 2 unspecified atom stereocenters. The van der Waals surface area contributed by atoms with Crippen LogP contribution in [0.4, 0.5) is 0 Å². The molecule has 1 aromatic carbocycles. The second-order valence-corrected chi connectivity index (χ2v) is 5.81. The van der Waals surface area contributed by atoms with E-state index in [0.29, 0.717) is 12.0 Å². The maximum Gasteiger partial charge on any atom is 0.109 e. The fourth-order valence-electron chi connectivity index (χ4n) is 2.24. The van der Waals surface area contributed by atoms with Crippen molar-refractivity contribution in [1.29, 1.82) is 0 Å². The molecule has 102 valence electrons. The third kappa shape index (κ3) is 4.15. The van der Waals surface area contributed by atoms with E-state index in [-0.39, 0.29) is 0 Å². The van der Waals surface area contributed by atoms with Crippen molar-refractivity contribution in [2.24, 2.45) is 0 Å². The monoisotopic (exact) mass is 274 g/mol. The lowest BCUT2D eigenvalue weighted by atomic mass is 9.98. The molecule has 0 saturated heterocycles. The quantitative estimate of drug-likeness (QED) is 0.810. The molecule has 1 heterocycles. The van der Waals surface area contributed by atoms with Gasteiger partial charge in [0.2, 0.25) is 0 Å². The molecular formula is C16H22N2S. The zero-order valence-corrected chi connectivity index (χ0v) is 12.5. The highest BCUT2D eigenvalue weighted by Crippen LogP contribution is 2.21. The van der Waals surface area contributed by atoms with Gasteiger partial charge in [0.1, 0.15) is 5.01 Å². The Morgan fingerprint density at radius 1 is 1.26 bits per heavy atom. The second-order valence-electron chi connectivity index (χ2n) is 4.89. The fourth-order valence-corrected chi connectivity index (χ4v) is 3.03. The lowest BCUT2D eigenvalue weighted by Gasteiger charge is -2.17. The SMILES string of the molecule is CCC(NCCC(C)c1ccccc1)c1nccs1. The van der Waals surface area contributed by atoms with Gasteiger partial charge >= 0.3 is 0 Å². The van der Waals surface area contributed by atoms with Crippen molar-refractivity contribution in [3.8, 4) is 0 Å². The average Bonchev–Trinajstić information content (AvgIpc) is 2.98. The largest absolute Gasteiger partial charge is 0.308 e. The molecule has 0 aliphatic rings. The van der Waals surface area contributed by atoms with Gasteiger partial charge in [0, 0.05) is 11.6 Å². The highest BCUT2D eigenvalue weighted by Gasteiger charge is 2.11. The van der Waals surface area contributed by atoms with Gasteiger partial charge in [-0.15, -0.1) is 11.3 Å². The van der Waals surface area contributed by atoms with Gasteiger partial charge in [-0.3, -0.25) is 0 Å². The van der Waals surface area contributed by atoms with Gasteiger partial charge in [0.15, 0.2) is 0 Å². The van der Waals surface area contributed by atoms with Crippen molar-refractivity contribution in [3.63, 3.8) is 0 Å². The summed E-state index contributed by atoms with van der Waals surface area (Å²) in [5.74, 6) is 0.600. The van der Waals surface area contributed by atoms with Crippen LogP contribution in [-0.2, 0) is 0 Å². The molecule has 3 heteroatoms. The van der Waals surface area contributed by atoms with Gasteiger partial charge in [-0.25, -0.2) is 4.98 Å². The Labute approximate surface area is 119 Å². The molecule has 19 heavy (non-hydrogen) atoms. The minimum atomic E-state index is 0.406. The molecular weight excluding hydrogens is 252 g/mol. The molecule has 1 aromatic heterocycles. The summed E-state index contributed by atoms with van der Waals surface area (Å²) >= 11 is 1.74. The van der Waals surface area contributed by atoms with Crippen LogP contribution in [0.3, 0.4) is 0 Å². The van der Waals surface area contributed by atoms with Crippen LogP contribution in [-0.4, -0.2) is 11.5 Å². The maximum absolute atomic E-state index is 4.40. The zero-order valence-electron chi connectivity index (χ0n) is 11.7. The number of benzene rings is 1. The van der Waals surface area contributed by atoms with Crippen LogP contribution < -0.4 is 5.32 Å². The molecule has 2 aromatic rings. The van der Waals surface area contributed by atoms with E-state index < -0.39 is 0 Å². The summed E-state index contributed by atoms with van der Waals surface area (Å²) in [6.45, 7) is 5.54. The molecule has 0 saturated carbocycles. The normalized spacial score (nSPS) is 14.2. The van der Waals surface area contributed by atoms with Gasteiger partial charge in [-0.2, -0.15) is 0 Å². The molecule has 0 fully saturated rings. The number of thiazole rings is 1. The summed E-state index contributed by atoms with van der Waals surface area (Å²) in [5.41, 5.74) is 1.42. The standard InChI is InChI=1S/C16H22N2S/c1-3-15(16-18-11-12-19-16)17-10-9-13(2)14-7-5-4-6-8-14/h4-8,11-13,15,17H,3,9-10H2,1-2H3. The molecule has 0 spiro atoms. The van der Waals surface area contributed by atoms with Gasteiger partial charge in [-0.05, 0) is 30.9 Å². The van der Waals surface area contributed by atoms with E-state index in [9.17, 15) is 0 Å². The first-order chi connectivity index (χ1) is 9.31. The van der Waals surface area contributed by atoms with Crippen LogP contribution in [0.2, 0.25) is 0 Å². The van der Waals surface area contributed by atoms with E-state index >= 15 is 0 Å². The first-order valence-corrected chi connectivity index (χ1v) is 7.87. The number of nitrogens with zero attached hydrogens (tertiary/aromatic N) is 1. The van der Waals surface area contributed by atoms with Gasteiger partial charge in [0.05, 0.1) is 6.04 Å². The molecule has 0 aliphatic heterocycles. The van der Waals surface area contributed by atoms with Crippen LogP contribution >= 0.6 is 11.3 Å². The first kappa shape index (κ1) is 14.2. The number of nitrogens with one attached hydrogen (secondary N) is 1. The Kier molecular flexibility index (Phi) is 5.55. The predicted octanol–water partition coefficient (Wildman–Crippen LogP) is 4.38. The Morgan fingerprint density at radius 3 is 2.68 bits per heavy atom. The number of rotatable bonds is 7. The second kappa shape index (κ2) is 7.41. The average molecular weight is 274 g/mol. The van der Waals surface area contributed by atoms with Crippen molar-refractivity contribution < 1.29 is 0 Å². The molecule has 0 amide bonds. The van der Waals surface area contributed by atoms with Crippen molar-refractivity contribution in [2.45, 2.75) is 38.6 Å². The zero-order chi connectivity index (χ0) is 13.5. The summed E-state index contributed by atoms with van der Waals surface area (Å²) in [5, 5.41) is 6.87. The van der Waals surface area contributed by atoms with E-state index in [2.05, 4.69) is 54.5 Å². The number of aromatic nitrogens is 1. The summed E-state index contributed by atoms with van der Waals surface area (Å²) in [4.78, 5) is 4.40. The van der Waals surface area contributed by atoms with Crippen LogP contribution in [0.1, 0.15) is 49.2 Å². The molecule has 1 N–H and O–H groups in total. The van der Waals surface area contributed by atoms with E-state index in [4.69, 9.17) is 0 Å². The molecule has 2 rings (SSSR count). The van der Waals surface area contributed by atoms with Crippen LogP contribution in [0, 0.1) is 0 Å². The fraction of sp³-hybridized carbons (Fsp3) is 0.438. The van der Waals surface area contributed by atoms with Gasteiger partial charge in [-0.1, -0.05) is 44.2 Å². The van der Waals surface area contributed by atoms with Crippen LogP contribution in [0.5, 0.6) is 0 Å². The third-order valence-electron chi connectivity index (χ3n) is 3.49. The van der Waals surface area contributed by atoms with Crippen molar-refractivity contribution >= 4 is 11.3 Å². The Bertz CT molecular complexity index is 453. The van der Waals surface area contributed by atoms with Crippen molar-refractivity contribution in [3.05, 3.63) is 52.5 Å². The Hall–Kier alpha value is -1.19. The minimum absolute atomic E-state index is 0.406. The highest BCUT2D eigenvalue weighted by atomic mass is 32.1. The summed E-state index contributed by atoms with van der Waals surface area (Å²) in [7, 11) is 0. The van der Waals surface area contributed by atoms with Gasteiger partial charge in [0.25, 0.3) is 0 Å². The summed E-state index contributed by atoms with van der Waals surface area (Å²) in [6.07, 6.45) is 4.13. The van der Waals surface area contributed by atoms with E-state index in [0.717, 1.165) is 19.4 Å². The van der Waals surface area contributed by atoms with E-state index in [1.54, 1.807) is 11.3 Å². The first-order valence-electron chi connectivity index (χ1n) is 6.99. The predicted molar refractivity (Wildman–Crippen MR) is 82.6 cm³/mol. The summed E-state index contributed by atoms with van der Waals surface area (Å²) in [6, 6.07) is 11.1. The van der Waals surface area contributed by atoms with E-state index in [1.165, 1.54) is 10.6 Å². The molecule has 0 radical (unpaired) electrons. The molecule has 2 atom stereocenters. The summed E-state index contributed by atoms with van der Waals surface area (Å²) < 4.78 is 0. The van der Waals surface area contributed by atoms with Gasteiger partial charge < -0.3 is 5.32 Å². The van der Waals surface area contributed by atoms with E-state index in [1.807, 2.05) is 11.6 Å². The number of hydrogen-bond acceptors (Lipinski definition) is 3. The Morgan fingerprint density at radius 2 is 2.05 bits per heavy atom. The molecule has 0 aliphatic carbocycles. The van der Waals surface area contributed by atoms with Crippen LogP contribution in [0.15, 0.2) is 41.9 Å².